The number of nitrogens with zero attached hydrogens (tertiary/aromatic N) is 4. The van der Waals surface area contributed by atoms with Crippen LogP contribution in [0.3, 0.4) is 0 Å². The van der Waals surface area contributed by atoms with Gasteiger partial charge in [-0.1, -0.05) is 127 Å². The quantitative estimate of drug-likeness (QED) is 0.167. The van der Waals surface area contributed by atoms with Crippen molar-refractivity contribution in [2.75, 3.05) is 0 Å². The highest BCUT2D eigenvalue weighted by Crippen LogP contribution is 2.42. The predicted molar refractivity (Wildman–Crippen MR) is 176 cm³/mol. The van der Waals surface area contributed by atoms with Gasteiger partial charge in [-0.3, -0.25) is 9.48 Å². The average molecular weight is 625 g/mol. The SMILES string of the molecule is O=c1ccn(-c2cccc(C(F)(F)F)c2)nc1-c1cn(C(c2ccccc2)(c2ccccc2)c2ccccc2)nc1-c1ccccc1. The molecule has 0 amide bonds. The molecule has 0 atom stereocenters. The standard InChI is InChI=1S/C39H27F3N4O/c40-39(41,42)32-22-13-23-33(26-32)45-25-24-35(47)37(43-45)34-27-46(44-36(34)28-14-5-1-6-15-28)38(29-16-7-2-8-17-29,30-18-9-3-10-19-30)31-20-11-4-12-21-31/h1-27H. The number of benzene rings is 5. The van der Waals surface area contributed by atoms with E-state index in [1.165, 1.54) is 29.1 Å². The molecule has 47 heavy (non-hydrogen) atoms. The molecule has 8 heteroatoms. The van der Waals surface area contributed by atoms with Crippen LogP contribution in [0.15, 0.2) is 169 Å². The fourth-order valence-electron chi connectivity index (χ4n) is 6.03. The Kier molecular flexibility index (Phi) is 7.61. The summed E-state index contributed by atoms with van der Waals surface area (Å²) in [5, 5.41) is 9.85. The van der Waals surface area contributed by atoms with Crippen molar-refractivity contribution >= 4 is 0 Å². The van der Waals surface area contributed by atoms with Gasteiger partial charge in [0.1, 0.15) is 16.9 Å². The first-order valence-electron chi connectivity index (χ1n) is 15.0. The maximum atomic E-state index is 13.6. The van der Waals surface area contributed by atoms with Gasteiger partial charge in [-0.15, -0.1) is 0 Å². The zero-order valence-electron chi connectivity index (χ0n) is 24.9. The van der Waals surface area contributed by atoms with Gasteiger partial charge < -0.3 is 0 Å². The second-order valence-electron chi connectivity index (χ2n) is 11.0. The Labute approximate surface area is 268 Å². The average Bonchev–Trinajstić information content (AvgIpc) is 3.56. The van der Waals surface area contributed by atoms with E-state index >= 15 is 0 Å². The fraction of sp³-hybridized carbons (Fsp3) is 0.0513. The van der Waals surface area contributed by atoms with Gasteiger partial charge in [0.05, 0.1) is 16.8 Å². The van der Waals surface area contributed by atoms with Gasteiger partial charge in [-0.2, -0.15) is 23.4 Å². The summed E-state index contributed by atoms with van der Waals surface area (Å²) in [5.41, 5.74) is 2.55. The minimum absolute atomic E-state index is 0.0538. The second-order valence-corrected chi connectivity index (χ2v) is 11.0. The molecule has 5 aromatic carbocycles. The molecule has 230 valence electrons. The number of halogens is 3. The topological polar surface area (TPSA) is 52.7 Å². The van der Waals surface area contributed by atoms with Crippen molar-refractivity contribution in [2.45, 2.75) is 11.7 Å². The van der Waals surface area contributed by atoms with Crippen LogP contribution in [-0.4, -0.2) is 19.6 Å². The molecule has 0 saturated carbocycles. The fourth-order valence-corrected chi connectivity index (χ4v) is 6.03. The van der Waals surface area contributed by atoms with E-state index in [0.29, 0.717) is 11.3 Å². The van der Waals surface area contributed by atoms with Gasteiger partial charge in [0.2, 0.25) is 5.43 Å². The minimum atomic E-state index is -4.53. The Morgan fingerprint density at radius 1 is 0.532 bits per heavy atom. The molecule has 0 N–H and O–H groups in total. The van der Waals surface area contributed by atoms with Crippen LogP contribution in [0.25, 0.3) is 28.2 Å². The maximum Gasteiger partial charge on any atom is 0.416 e. The van der Waals surface area contributed by atoms with Crippen molar-refractivity contribution in [3.05, 3.63) is 197 Å². The first kappa shape index (κ1) is 29.7. The van der Waals surface area contributed by atoms with E-state index in [0.717, 1.165) is 34.4 Å². The summed E-state index contributed by atoms with van der Waals surface area (Å²) < 4.78 is 43.9. The third-order valence-electron chi connectivity index (χ3n) is 8.18. The van der Waals surface area contributed by atoms with E-state index < -0.39 is 22.7 Å². The normalized spacial score (nSPS) is 11.8. The van der Waals surface area contributed by atoms with E-state index in [9.17, 15) is 18.0 Å². The lowest BCUT2D eigenvalue weighted by atomic mass is 9.77. The molecule has 2 heterocycles. The maximum absolute atomic E-state index is 13.6. The van der Waals surface area contributed by atoms with E-state index in [-0.39, 0.29) is 11.4 Å². The van der Waals surface area contributed by atoms with Gasteiger partial charge in [0, 0.05) is 24.0 Å². The highest BCUT2D eigenvalue weighted by Gasteiger charge is 2.40. The monoisotopic (exact) mass is 624 g/mol. The predicted octanol–water partition coefficient (Wildman–Crippen LogP) is 8.62. The summed E-state index contributed by atoms with van der Waals surface area (Å²) in [7, 11) is 0. The lowest BCUT2D eigenvalue weighted by Gasteiger charge is -2.36. The molecular weight excluding hydrogens is 597 g/mol. The smallest absolute Gasteiger partial charge is 0.287 e. The molecule has 7 rings (SSSR count). The zero-order chi connectivity index (χ0) is 32.4. The van der Waals surface area contributed by atoms with Gasteiger partial charge in [-0.25, -0.2) is 4.68 Å². The van der Waals surface area contributed by atoms with E-state index in [1.807, 2.05) is 132 Å². The third kappa shape index (κ3) is 5.44. The van der Waals surface area contributed by atoms with Crippen molar-refractivity contribution in [1.29, 1.82) is 0 Å². The number of alkyl halides is 3. The third-order valence-corrected chi connectivity index (χ3v) is 8.18. The number of aromatic nitrogens is 4. The van der Waals surface area contributed by atoms with Crippen LogP contribution in [0, 0.1) is 0 Å². The summed E-state index contributed by atoms with van der Waals surface area (Å²) >= 11 is 0. The van der Waals surface area contributed by atoms with Gasteiger partial charge in [-0.05, 0) is 34.9 Å². The molecule has 0 aliphatic rings. The number of hydrogen-bond donors (Lipinski definition) is 0. The van der Waals surface area contributed by atoms with Crippen LogP contribution in [0.5, 0.6) is 0 Å². The molecule has 0 fully saturated rings. The molecule has 0 bridgehead atoms. The molecule has 0 saturated heterocycles. The van der Waals surface area contributed by atoms with Crippen LogP contribution in [0.2, 0.25) is 0 Å². The minimum Gasteiger partial charge on any atom is -0.287 e. The molecule has 0 aliphatic heterocycles. The molecule has 0 spiro atoms. The summed E-state index contributed by atoms with van der Waals surface area (Å²) in [6.45, 7) is 0. The summed E-state index contributed by atoms with van der Waals surface area (Å²) in [4.78, 5) is 13.6. The summed E-state index contributed by atoms with van der Waals surface area (Å²) in [5.74, 6) is 0. The molecule has 0 aliphatic carbocycles. The molecule has 0 unspecified atom stereocenters. The first-order valence-corrected chi connectivity index (χ1v) is 15.0. The van der Waals surface area contributed by atoms with Crippen molar-refractivity contribution in [3.63, 3.8) is 0 Å². The Balaban J connectivity index is 1.53. The molecular formula is C39H27F3N4O. The Morgan fingerprint density at radius 2 is 1.04 bits per heavy atom. The van der Waals surface area contributed by atoms with Gasteiger partial charge >= 0.3 is 6.18 Å². The van der Waals surface area contributed by atoms with E-state index in [4.69, 9.17) is 5.10 Å². The first-order chi connectivity index (χ1) is 22.9. The molecule has 2 aromatic heterocycles. The van der Waals surface area contributed by atoms with Gasteiger partial charge in [0.25, 0.3) is 0 Å². The lowest BCUT2D eigenvalue weighted by molar-refractivity contribution is -0.137. The Morgan fingerprint density at radius 3 is 1.57 bits per heavy atom. The second kappa shape index (κ2) is 12.1. The van der Waals surface area contributed by atoms with Crippen molar-refractivity contribution in [2.24, 2.45) is 0 Å². The number of hydrogen-bond acceptors (Lipinski definition) is 3. The van der Waals surface area contributed by atoms with Crippen molar-refractivity contribution in [1.82, 2.24) is 19.6 Å². The Hall–Kier alpha value is -6.02. The zero-order valence-corrected chi connectivity index (χ0v) is 24.9. The van der Waals surface area contributed by atoms with Crippen LogP contribution >= 0.6 is 0 Å². The van der Waals surface area contributed by atoms with E-state index in [1.54, 1.807) is 0 Å². The molecule has 0 radical (unpaired) electrons. The summed E-state index contributed by atoms with van der Waals surface area (Å²) in [6.07, 6.45) is -1.35. The Bertz CT molecular complexity index is 2100. The highest BCUT2D eigenvalue weighted by molar-refractivity contribution is 5.79. The van der Waals surface area contributed by atoms with E-state index in [2.05, 4.69) is 5.10 Å². The highest BCUT2D eigenvalue weighted by atomic mass is 19.4. The van der Waals surface area contributed by atoms with Crippen LogP contribution in [-0.2, 0) is 11.7 Å². The number of rotatable bonds is 7. The van der Waals surface area contributed by atoms with Crippen molar-refractivity contribution in [3.8, 4) is 28.2 Å². The van der Waals surface area contributed by atoms with Crippen LogP contribution in [0.1, 0.15) is 22.3 Å². The molecule has 7 aromatic rings. The van der Waals surface area contributed by atoms with Gasteiger partial charge in [0.15, 0.2) is 0 Å². The molecule has 5 nitrogen and oxygen atoms in total. The van der Waals surface area contributed by atoms with Crippen LogP contribution in [0.4, 0.5) is 13.2 Å². The van der Waals surface area contributed by atoms with Crippen LogP contribution < -0.4 is 5.43 Å². The summed E-state index contributed by atoms with van der Waals surface area (Å²) in [6, 6.07) is 45.6. The lowest BCUT2D eigenvalue weighted by Crippen LogP contribution is -2.38. The van der Waals surface area contributed by atoms with Crippen molar-refractivity contribution < 1.29 is 13.2 Å². The largest absolute Gasteiger partial charge is 0.416 e.